The molecule has 1 amide bonds. The molecule has 0 fully saturated rings. The van der Waals surface area contributed by atoms with Crippen LogP contribution in [-0.4, -0.2) is 12.0 Å². The minimum absolute atomic E-state index is 0.0744. The second kappa shape index (κ2) is 8.39. The number of rotatable bonds is 6. The highest BCUT2D eigenvalue weighted by Crippen LogP contribution is 2.22. The molecule has 0 aliphatic rings. The number of benzene rings is 2. The molecule has 0 aliphatic carbocycles. The lowest BCUT2D eigenvalue weighted by Crippen LogP contribution is -2.39. The van der Waals surface area contributed by atoms with Crippen LogP contribution in [0.2, 0.25) is 5.02 Å². The van der Waals surface area contributed by atoms with Crippen LogP contribution in [0.3, 0.4) is 0 Å². The van der Waals surface area contributed by atoms with Crippen LogP contribution in [0, 0.1) is 20.8 Å². The summed E-state index contributed by atoms with van der Waals surface area (Å²) in [5, 5.41) is 3.72. The molecule has 0 saturated heterocycles. The molecule has 0 heterocycles. The smallest absolute Gasteiger partial charge is 0.261 e. The van der Waals surface area contributed by atoms with Gasteiger partial charge in [-0.15, -0.1) is 0 Å². The molecular formula is C21H26ClNO2. The Balaban J connectivity index is 2.08. The van der Waals surface area contributed by atoms with E-state index in [-0.39, 0.29) is 11.9 Å². The van der Waals surface area contributed by atoms with Gasteiger partial charge in [0.1, 0.15) is 5.75 Å². The van der Waals surface area contributed by atoms with Crippen LogP contribution >= 0.6 is 11.6 Å². The molecule has 0 bridgehead atoms. The van der Waals surface area contributed by atoms with Crippen LogP contribution in [0.5, 0.6) is 5.75 Å². The van der Waals surface area contributed by atoms with Crippen LogP contribution in [0.1, 0.15) is 48.6 Å². The topological polar surface area (TPSA) is 38.3 Å². The first-order chi connectivity index (χ1) is 11.8. The summed E-state index contributed by atoms with van der Waals surface area (Å²) in [7, 11) is 0. The summed E-state index contributed by atoms with van der Waals surface area (Å²) in [6.45, 7) is 10.2. The predicted octanol–water partition coefficient (Wildman–Crippen LogP) is 5.30. The summed E-state index contributed by atoms with van der Waals surface area (Å²) in [5.74, 6) is 0.531. The quantitative estimate of drug-likeness (QED) is 0.760. The maximum Gasteiger partial charge on any atom is 0.261 e. The first kappa shape index (κ1) is 19.3. The van der Waals surface area contributed by atoms with E-state index in [1.165, 1.54) is 16.7 Å². The third-order valence-electron chi connectivity index (χ3n) is 4.46. The summed E-state index contributed by atoms with van der Waals surface area (Å²) in [6.07, 6.45) is 0.0584. The zero-order chi connectivity index (χ0) is 18.6. The van der Waals surface area contributed by atoms with Gasteiger partial charge in [0.2, 0.25) is 0 Å². The SMILES string of the molecule is CC[C@H](Oc1ccc(Cl)cc1)C(=O)N[C@@H](C)c1cc(C)c(C)cc1C. The van der Waals surface area contributed by atoms with E-state index >= 15 is 0 Å². The molecule has 3 nitrogen and oxygen atoms in total. The van der Waals surface area contributed by atoms with Crippen LogP contribution in [0.25, 0.3) is 0 Å². The van der Waals surface area contributed by atoms with Gasteiger partial charge in [0.25, 0.3) is 5.91 Å². The summed E-state index contributed by atoms with van der Waals surface area (Å²) in [4.78, 5) is 12.6. The number of hydrogen-bond acceptors (Lipinski definition) is 2. The highest BCUT2D eigenvalue weighted by Gasteiger charge is 2.21. The monoisotopic (exact) mass is 359 g/mol. The summed E-state index contributed by atoms with van der Waals surface area (Å²) < 4.78 is 5.82. The lowest BCUT2D eigenvalue weighted by Gasteiger charge is -2.22. The summed E-state index contributed by atoms with van der Waals surface area (Å²) in [6, 6.07) is 11.3. The molecule has 0 unspecified atom stereocenters. The fourth-order valence-corrected chi connectivity index (χ4v) is 2.96. The Labute approximate surface area is 155 Å². The number of hydrogen-bond donors (Lipinski definition) is 1. The summed E-state index contributed by atoms with van der Waals surface area (Å²) in [5.41, 5.74) is 4.81. The second-order valence-corrected chi connectivity index (χ2v) is 6.93. The maximum absolute atomic E-state index is 12.6. The normalized spacial score (nSPS) is 13.2. The Morgan fingerprint density at radius 3 is 2.28 bits per heavy atom. The highest BCUT2D eigenvalue weighted by atomic mass is 35.5. The van der Waals surface area contributed by atoms with Crippen LogP contribution in [0.4, 0.5) is 0 Å². The maximum atomic E-state index is 12.6. The van der Waals surface area contributed by atoms with Gasteiger partial charge in [0.05, 0.1) is 6.04 Å². The van der Waals surface area contributed by atoms with Crippen molar-refractivity contribution in [2.45, 2.75) is 53.2 Å². The van der Waals surface area contributed by atoms with Crippen LogP contribution in [-0.2, 0) is 4.79 Å². The van der Waals surface area contributed by atoms with E-state index in [4.69, 9.17) is 16.3 Å². The van der Waals surface area contributed by atoms with Gasteiger partial charge in [-0.3, -0.25) is 4.79 Å². The van der Waals surface area contributed by atoms with Crippen molar-refractivity contribution in [3.05, 3.63) is 63.7 Å². The minimum atomic E-state index is -0.532. The fraction of sp³-hybridized carbons (Fsp3) is 0.381. The predicted molar refractivity (Wildman–Crippen MR) is 103 cm³/mol. The molecule has 4 heteroatoms. The van der Waals surface area contributed by atoms with Gasteiger partial charge in [-0.1, -0.05) is 30.7 Å². The third kappa shape index (κ3) is 4.99. The van der Waals surface area contributed by atoms with Crippen molar-refractivity contribution in [2.75, 3.05) is 0 Å². The van der Waals surface area contributed by atoms with Crippen molar-refractivity contribution < 1.29 is 9.53 Å². The molecule has 2 aromatic carbocycles. The Morgan fingerprint density at radius 1 is 1.08 bits per heavy atom. The van der Waals surface area contributed by atoms with E-state index in [1.54, 1.807) is 24.3 Å². The first-order valence-corrected chi connectivity index (χ1v) is 9.00. The van der Waals surface area contributed by atoms with Crippen molar-refractivity contribution in [1.29, 1.82) is 0 Å². The molecule has 0 spiro atoms. The molecule has 1 N–H and O–H groups in total. The number of amides is 1. The van der Waals surface area contributed by atoms with Crippen LogP contribution in [0.15, 0.2) is 36.4 Å². The van der Waals surface area contributed by atoms with Crippen molar-refractivity contribution in [3.8, 4) is 5.75 Å². The Bertz CT molecular complexity index is 740. The third-order valence-corrected chi connectivity index (χ3v) is 4.71. The first-order valence-electron chi connectivity index (χ1n) is 8.62. The van der Waals surface area contributed by atoms with Gasteiger partial charge in [-0.25, -0.2) is 0 Å². The van der Waals surface area contributed by atoms with E-state index < -0.39 is 6.10 Å². The number of halogens is 1. The number of nitrogens with one attached hydrogen (secondary N) is 1. The van der Waals surface area contributed by atoms with E-state index in [0.717, 1.165) is 5.56 Å². The molecule has 0 aliphatic heterocycles. The number of carbonyl (C=O) groups is 1. The van der Waals surface area contributed by atoms with E-state index in [0.29, 0.717) is 17.2 Å². The molecule has 25 heavy (non-hydrogen) atoms. The van der Waals surface area contributed by atoms with Gasteiger partial charge in [-0.05, 0) is 80.6 Å². The molecule has 2 aromatic rings. The van der Waals surface area contributed by atoms with Crippen molar-refractivity contribution in [2.24, 2.45) is 0 Å². The van der Waals surface area contributed by atoms with Gasteiger partial charge < -0.3 is 10.1 Å². The average Bonchev–Trinajstić information content (AvgIpc) is 2.57. The lowest BCUT2D eigenvalue weighted by molar-refractivity contribution is -0.128. The van der Waals surface area contributed by atoms with Gasteiger partial charge in [0.15, 0.2) is 6.10 Å². The van der Waals surface area contributed by atoms with Crippen molar-refractivity contribution >= 4 is 17.5 Å². The van der Waals surface area contributed by atoms with E-state index in [9.17, 15) is 4.79 Å². The van der Waals surface area contributed by atoms with Crippen molar-refractivity contribution in [1.82, 2.24) is 5.32 Å². The summed E-state index contributed by atoms with van der Waals surface area (Å²) >= 11 is 5.89. The van der Waals surface area contributed by atoms with Gasteiger partial charge >= 0.3 is 0 Å². The Hall–Kier alpha value is -2.00. The molecule has 2 rings (SSSR count). The number of aryl methyl sites for hydroxylation is 3. The zero-order valence-corrected chi connectivity index (χ0v) is 16.3. The van der Waals surface area contributed by atoms with E-state index in [2.05, 4.69) is 38.2 Å². The van der Waals surface area contributed by atoms with Crippen LogP contribution < -0.4 is 10.1 Å². The average molecular weight is 360 g/mol. The number of carbonyl (C=O) groups excluding carboxylic acids is 1. The Morgan fingerprint density at radius 2 is 1.68 bits per heavy atom. The highest BCUT2D eigenvalue weighted by molar-refractivity contribution is 6.30. The standard InChI is InChI=1S/C21H26ClNO2/c1-6-20(25-18-9-7-17(22)8-10-18)21(24)23-16(5)19-12-14(3)13(2)11-15(19)4/h7-12,16,20H,6H2,1-5H3,(H,23,24)/t16-,20-/m0/s1. The molecule has 134 valence electrons. The van der Waals surface area contributed by atoms with Crippen molar-refractivity contribution in [3.63, 3.8) is 0 Å². The zero-order valence-electron chi connectivity index (χ0n) is 15.5. The number of ether oxygens (including phenoxy) is 1. The molecule has 0 radical (unpaired) electrons. The van der Waals surface area contributed by atoms with Gasteiger partial charge in [0, 0.05) is 5.02 Å². The minimum Gasteiger partial charge on any atom is -0.481 e. The Kier molecular flexibility index (Phi) is 6.49. The van der Waals surface area contributed by atoms with Gasteiger partial charge in [-0.2, -0.15) is 0 Å². The molecular weight excluding hydrogens is 334 g/mol. The molecule has 2 atom stereocenters. The fourth-order valence-electron chi connectivity index (χ4n) is 2.83. The second-order valence-electron chi connectivity index (χ2n) is 6.49. The largest absolute Gasteiger partial charge is 0.481 e. The van der Waals surface area contributed by atoms with E-state index in [1.807, 2.05) is 13.8 Å². The molecule has 0 saturated carbocycles. The molecule has 0 aromatic heterocycles. The lowest BCUT2D eigenvalue weighted by atomic mass is 9.96.